The summed E-state index contributed by atoms with van der Waals surface area (Å²) in [5.41, 5.74) is -0.00227. The van der Waals surface area contributed by atoms with Crippen molar-refractivity contribution in [3.05, 3.63) is 0 Å². The molecule has 0 unspecified atom stereocenters. The highest BCUT2D eigenvalue weighted by molar-refractivity contribution is 7.91. The summed E-state index contributed by atoms with van der Waals surface area (Å²) in [6.45, 7) is 6.60. The van der Waals surface area contributed by atoms with Gasteiger partial charge in [-0.25, -0.2) is 13.2 Å². The molecule has 0 aromatic carbocycles. The summed E-state index contributed by atoms with van der Waals surface area (Å²) in [7, 11) is -3.23. The van der Waals surface area contributed by atoms with Crippen LogP contribution in [0, 0.1) is 5.41 Å². The number of carbonyl (C=O) groups excluding carboxylic acids is 1. The SMILES string of the molecule is CCC(C)(C)CNC(=O)N[C@@H]1CS(=O)(=O)C[C@H]1O. The predicted molar refractivity (Wildman–Crippen MR) is 69.1 cm³/mol. The molecule has 0 bridgehead atoms. The van der Waals surface area contributed by atoms with E-state index in [1.807, 2.05) is 20.8 Å². The lowest BCUT2D eigenvalue weighted by Gasteiger charge is -2.24. The van der Waals surface area contributed by atoms with Crippen LogP contribution in [-0.4, -0.2) is 49.8 Å². The smallest absolute Gasteiger partial charge is 0.315 e. The summed E-state index contributed by atoms with van der Waals surface area (Å²) in [5, 5.41) is 14.7. The number of urea groups is 1. The van der Waals surface area contributed by atoms with E-state index < -0.39 is 28.0 Å². The number of rotatable bonds is 4. The first-order valence-corrected chi connectivity index (χ1v) is 7.90. The molecular formula is C11H22N2O4S. The van der Waals surface area contributed by atoms with Gasteiger partial charge < -0.3 is 15.7 Å². The summed E-state index contributed by atoms with van der Waals surface area (Å²) >= 11 is 0. The van der Waals surface area contributed by atoms with Crippen molar-refractivity contribution in [2.45, 2.75) is 39.3 Å². The molecule has 0 radical (unpaired) electrons. The molecule has 1 saturated heterocycles. The number of hydrogen-bond acceptors (Lipinski definition) is 4. The Balaban J connectivity index is 2.42. The van der Waals surface area contributed by atoms with E-state index >= 15 is 0 Å². The quantitative estimate of drug-likeness (QED) is 0.668. The zero-order valence-electron chi connectivity index (χ0n) is 11.1. The maximum absolute atomic E-state index is 11.6. The molecule has 2 amide bonds. The van der Waals surface area contributed by atoms with Crippen LogP contribution in [-0.2, 0) is 9.84 Å². The molecule has 1 heterocycles. The lowest BCUT2D eigenvalue weighted by Crippen LogP contribution is -2.49. The van der Waals surface area contributed by atoms with Crippen LogP contribution in [0.5, 0.6) is 0 Å². The van der Waals surface area contributed by atoms with Crippen LogP contribution in [0.3, 0.4) is 0 Å². The van der Waals surface area contributed by atoms with Gasteiger partial charge in [-0.2, -0.15) is 0 Å². The number of nitrogens with one attached hydrogen (secondary N) is 2. The normalized spacial score (nSPS) is 26.9. The van der Waals surface area contributed by atoms with Gasteiger partial charge in [0.25, 0.3) is 0 Å². The highest BCUT2D eigenvalue weighted by atomic mass is 32.2. The fraction of sp³-hybridized carbons (Fsp3) is 0.909. The summed E-state index contributed by atoms with van der Waals surface area (Å²) in [4.78, 5) is 11.6. The summed E-state index contributed by atoms with van der Waals surface area (Å²) in [5.74, 6) is -0.475. The zero-order chi connectivity index (χ0) is 14.0. The molecule has 2 atom stereocenters. The van der Waals surface area contributed by atoms with Crippen LogP contribution >= 0.6 is 0 Å². The van der Waals surface area contributed by atoms with Gasteiger partial charge in [-0.05, 0) is 11.8 Å². The van der Waals surface area contributed by atoms with Crippen molar-refractivity contribution < 1.29 is 18.3 Å². The van der Waals surface area contributed by atoms with Gasteiger partial charge in [-0.1, -0.05) is 20.8 Å². The molecule has 106 valence electrons. The first-order chi connectivity index (χ1) is 8.15. The third-order valence-electron chi connectivity index (χ3n) is 3.32. The first kappa shape index (κ1) is 15.2. The standard InChI is InChI=1S/C11H22N2O4S/c1-4-11(2,3)7-12-10(15)13-8-5-18(16,17)6-9(8)14/h8-9,14H,4-7H2,1-3H3,(H2,12,13,15)/t8-,9-/m1/s1. The van der Waals surface area contributed by atoms with E-state index in [1.165, 1.54) is 0 Å². The second-order valence-corrected chi connectivity index (χ2v) is 7.75. The Labute approximate surface area is 108 Å². The van der Waals surface area contributed by atoms with Crippen molar-refractivity contribution in [2.75, 3.05) is 18.1 Å². The van der Waals surface area contributed by atoms with Crippen molar-refractivity contribution >= 4 is 15.9 Å². The van der Waals surface area contributed by atoms with E-state index in [4.69, 9.17) is 0 Å². The van der Waals surface area contributed by atoms with Crippen LogP contribution in [0.1, 0.15) is 27.2 Å². The van der Waals surface area contributed by atoms with E-state index in [0.29, 0.717) is 6.54 Å². The van der Waals surface area contributed by atoms with Crippen LogP contribution in [0.15, 0.2) is 0 Å². The molecule has 0 saturated carbocycles. The number of carbonyl (C=O) groups is 1. The molecular weight excluding hydrogens is 256 g/mol. The Morgan fingerprint density at radius 1 is 1.39 bits per heavy atom. The molecule has 3 N–H and O–H groups in total. The van der Waals surface area contributed by atoms with Crippen LogP contribution in [0.25, 0.3) is 0 Å². The largest absolute Gasteiger partial charge is 0.390 e. The number of amides is 2. The summed E-state index contributed by atoms with van der Waals surface area (Å²) in [6, 6.07) is -1.14. The Morgan fingerprint density at radius 3 is 2.44 bits per heavy atom. The summed E-state index contributed by atoms with van der Waals surface area (Å²) in [6.07, 6.45) is -0.0896. The van der Waals surface area contributed by atoms with E-state index in [1.54, 1.807) is 0 Å². The molecule has 0 aromatic heterocycles. The lowest BCUT2D eigenvalue weighted by molar-refractivity contribution is 0.164. The fourth-order valence-corrected chi connectivity index (χ4v) is 3.37. The second kappa shape index (κ2) is 5.44. The van der Waals surface area contributed by atoms with E-state index in [0.717, 1.165) is 6.42 Å². The molecule has 18 heavy (non-hydrogen) atoms. The topological polar surface area (TPSA) is 95.5 Å². The second-order valence-electron chi connectivity index (χ2n) is 5.60. The number of aliphatic hydroxyl groups excluding tert-OH is 1. The van der Waals surface area contributed by atoms with Gasteiger partial charge in [0, 0.05) is 6.54 Å². The fourth-order valence-electron chi connectivity index (χ4n) is 1.63. The predicted octanol–water partition coefficient (Wildman–Crippen LogP) is -0.120. The Hall–Kier alpha value is -0.820. The molecule has 0 aliphatic carbocycles. The Kier molecular flexibility index (Phi) is 4.61. The van der Waals surface area contributed by atoms with E-state index in [9.17, 15) is 18.3 Å². The van der Waals surface area contributed by atoms with Gasteiger partial charge in [0.15, 0.2) is 9.84 Å². The number of hydrogen-bond donors (Lipinski definition) is 3. The highest BCUT2D eigenvalue weighted by Crippen LogP contribution is 2.17. The molecule has 1 aliphatic rings. The molecule has 1 rings (SSSR count). The van der Waals surface area contributed by atoms with E-state index in [2.05, 4.69) is 10.6 Å². The minimum Gasteiger partial charge on any atom is -0.390 e. The van der Waals surface area contributed by atoms with Gasteiger partial charge in [0.05, 0.1) is 23.7 Å². The molecule has 6 nitrogen and oxygen atoms in total. The average Bonchev–Trinajstić information content (AvgIpc) is 2.49. The molecule has 7 heteroatoms. The molecule has 1 fully saturated rings. The van der Waals surface area contributed by atoms with Gasteiger partial charge in [-0.15, -0.1) is 0 Å². The monoisotopic (exact) mass is 278 g/mol. The van der Waals surface area contributed by atoms with Crippen molar-refractivity contribution in [3.8, 4) is 0 Å². The number of sulfone groups is 1. The Morgan fingerprint density at radius 2 is 2.00 bits per heavy atom. The average molecular weight is 278 g/mol. The van der Waals surface area contributed by atoms with Crippen molar-refractivity contribution in [1.82, 2.24) is 10.6 Å². The first-order valence-electron chi connectivity index (χ1n) is 6.08. The van der Waals surface area contributed by atoms with Crippen LogP contribution in [0.2, 0.25) is 0 Å². The minimum atomic E-state index is -3.23. The van der Waals surface area contributed by atoms with Crippen molar-refractivity contribution in [1.29, 1.82) is 0 Å². The molecule has 0 aromatic rings. The third-order valence-corrected chi connectivity index (χ3v) is 5.04. The van der Waals surface area contributed by atoms with Crippen LogP contribution in [0.4, 0.5) is 4.79 Å². The maximum atomic E-state index is 11.6. The zero-order valence-corrected chi connectivity index (χ0v) is 11.9. The summed E-state index contributed by atoms with van der Waals surface area (Å²) < 4.78 is 22.5. The Bertz CT molecular complexity index is 405. The third kappa shape index (κ3) is 4.45. The lowest BCUT2D eigenvalue weighted by atomic mass is 9.90. The van der Waals surface area contributed by atoms with Gasteiger partial charge >= 0.3 is 6.03 Å². The highest BCUT2D eigenvalue weighted by Gasteiger charge is 2.37. The van der Waals surface area contributed by atoms with Gasteiger partial charge in [-0.3, -0.25) is 0 Å². The van der Waals surface area contributed by atoms with Crippen molar-refractivity contribution in [3.63, 3.8) is 0 Å². The molecule has 1 aliphatic heterocycles. The van der Waals surface area contributed by atoms with E-state index in [-0.39, 0.29) is 16.9 Å². The molecule has 0 spiro atoms. The van der Waals surface area contributed by atoms with Crippen LogP contribution < -0.4 is 10.6 Å². The maximum Gasteiger partial charge on any atom is 0.315 e. The van der Waals surface area contributed by atoms with Crippen molar-refractivity contribution in [2.24, 2.45) is 5.41 Å². The minimum absolute atomic E-state index is 0.00227. The van der Waals surface area contributed by atoms with Gasteiger partial charge in [0.2, 0.25) is 0 Å². The van der Waals surface area contributed by atoms with Gasteiger partial charge in [0.1, 0.15) is 0 Å². The number of aliphatic hydroxyl groups is 1.